The van der Waals surface area contributed by atoms with Crippen molar-refractivity contribution in [3.63, 3.8) is 0 Å². The van der Waals surface area contributed by atoms with E-state index in [-0.39, 0.29) is 0 Å². The second-order valence-electron chi connectivity index (χ2n) is 5.57. The zero-order valence-corrected chi connectivity index (χ0v) is 11.3. The second kappa shape index (κ2) is 6.39. The summed E-state index contributed by atoms with van der Waals surface area (Å²) in [7, 11) is 0. The van der Waals surface area contributed by atoms with Gasteiger partial charge in [-0.1, -0.05) is 56.0 Å². The number of nitriles is 2. The normalized spacial score (nSPS) is 18.4. The lowest BCUT2D eigenvalue weighted by atomic mass is 9.71. The first kappa shape index (κ1) is 13.6. The highest BCUT2D eigenvalue weighted by Gasteiger charge is 2.35. The molecule has 0 amide bonds. The monoisotopic (exact) mass is 252 g/mol. The third-order valence-corrected chi connectivity index (χ3v) is 4.32. The predicted molar refractivity (Wildman–Crippen MR) is 75.2 cm³/mol. The van der Waals surface area contributed by atoms with Crippen molar-refractivity contribution in [2.45, 2.75) is 50.4 Å². The van der Waals surface area contributed by atoms with Crippen LogP contribution < -0.4 is 0 Å². The fourth-order valence-corrected chi connectivity index (χ4v) is 3.26. The van der Waals surface area contributed by atoms with Gasteiger partial charge in [0.15, 0.2) is 0 Å². The van der Waals surface area contributed by atoms with Crippen LogP contribution in [0, 0.1) is 28.6 Å². The summed E-state index contributed by atoms with van der Waals surface area (Å²) in [6.07, 6.45) is 7.08. The highest BCUT2D eigenvalue weighted by molar-refractivity contribution is 5.32. The molecule has 1 unspecified atom stereocenters. The summed E-state index contributed by atoms with van der Waals surface area (Å²) in [4.78, 5) is 0. The Balaban J connectivity index is 2.25. The highest BCUT2D eigenvalue weighted by atomic mass is 14.4. The Hall–Kier alpha value is -1.80. The molecule has 2 rings (SSSR count). The number of nitrogens with zero attached hydrogens (tertiary/aromatic N) is 2. The SMILES string of the molecule is N#CCCC(C#N)(CC1CCCC1)c1ccccc1. The summed E-state index contributed by atoms with van der Waals surface area (Å²) >= 11 is 0. The molecule has 0 N–H and O–H groups in total. The molecule has 1 atom stereocenters. The lowest BCUT2D eigenvalue weighted by molar-refractivity contribution is 0.365. The van der Waals surface area contributed by atoms with Crippen LogP contribution in [0.5, 0.6) is 0 Å². The number of hydrogen-bond acceptors (Lipinski definition) is 2. The Morgan fingerprint density at radius 1 is 1.11 bits per heavy atom. The van der Waals surface area contributed by atoms with Gasteiger partial charge < -0.3 is 0 Å². The molecule has 19 heavy (non-hydrogen) atoms. The summed E-state index contributed by atoms with van der Waals surface area (Å²) < 4.78 is 0. The van der Waals surface area contributed by atoms with Crippen LogP contribution in [0.25, 0.3) is 0 Å². The van der Waals surface area contributed by atoms with E-state index >= 15 is 0 Å². The van der Waals surface area contributed by atoms with Crippen molar-refractivity contribution in [2.75, 3.05) is 0 Å². The van der Waals surface area contributed by atoms with Crippen LogP contribution in [0.4, 0.5) is 0 Å². The molecular weight excluding hydrogens is 232 g/mol. The summed E-state index contributed by atoms with van der Waals surface area (Å²) in [5, 5.41) is 18.6. The van der Waals surface area contributed by atoms with Crippen molar-refractivity contribution in [3.8, 4) is 12.1 Å². The van der Waals surface area contributed by atoms with E-state index in [0.29, 0.717) is 18.8 Å². The van der Waals surface area contributed by atoms with Crippen molar-refractivity contribution in [2.24, 2.45) is 5.92 Å². The molecule has 0 radical (unpaired) electrons. The molecule has 2 nitrogen and oxygen atoms in total. The van der Waals surface area contributed by atoms with Gasteiger partial charge in [0.05, 0.1) is 17.6 Å². The molecule has 0 bridgehead atoms. The quantitative estimate of drug-likeness (QED) is 0.783. The Morgan fingerprint density at radius 2 is 1.79 bits per heavy atom. The molecule has 1 aliphatic carbocycles. The van der Waals surface area contributed by atoms with E-state index in [1.165, 1.54) is 25.7 Å². The molecular formula is C17H20N2. The minimum absolute atomic E-state index is 0.454. The van der Waals surface area contributed by atoms with Crippen LogP contribution in [0.3, 0.4) is 0 Å². The highest BCUT2D eigenvalue weighted by Crippen LogP contribution is 2.40. The van der Waals surface area contributed by atoms with E-state index in [4.69, 9.17) is 5.26 Å². The Bertz CT molecular complexity index is 474. The maximum atomic E-state index is 9.76. The van der Waals surface area contributed by atoms with Crippen molar-refractivity contribution in [1.82, 2.24) is 0 Å². The molecule has 2 heteroatoms. The van der Waals surface area contributed by atoms with Crippen molar-refractivity contribution < 1.29 is 0 Å². The summed E-state index contributed by atoms with van der Waals surface area (Å²) in [6.45, 7) is 0. The van der Waals surface area contributed by atoms with Crippen LogP contribution in [-0.2, 0) is 5.41 Å². The first-order chi connectivity index (χ1) is 9.30. The lowest BCUT2D eigenvalue weighted by Crippen LogP contribution is -2.27. The molecule has 1 aliphatic rings. The van der Waals surface area contributed by atoms with Gasteiger partial charge in [-0.3, -0.25) is 0 Å². The standard InChI is InChI=1S/C17H20N2/c18-12-6-11-17(14-19,13-15-7-4-5-8-15)16-9-2-1-3-10-16/h1-3,9-10,15H,4-8,11,13H2. The fraction of sp³-hybridized carbons (Fsp3) is 0.529. The Labute approximate surface area is 115 Å². The van der Waals surface area contributed by atoms with E-state index in [0.717, 1.165) is 12.0 Å². The largest absolute Gasteiger partial charge is 0.198 e. The van der Waals surface area contributed by atoms with Crippen molar-refractivity contribution in [1.29, 1.82) is 10.5 Å². The minimum Gasteiger partial charge on any atom is -0.198 e. The van der Waals surface area contributed by atoms with Crippen LogP contribution in [-0.4, -0.2) is 0 Å². The average molecular weight is 252 g/mol. The van der Waals surface area contributed by atoms with Gasteiger partial charge in [-0.2, -0.15) is 10.5 Å². The van der Waals surface area contributed by atoms with Gasteiger partial charge >= 0.3 is 0 Å². The number of rotatable bonds is 5. The van der Waals surface area contributed by atoms with Gasteiger partial charge in [-0.05, 0) is 24.3 Å². The van der Waals surface area contributed by atoms with Gasteiger partial charge in [-0.15, -0.1) is 0 Å². The summed E-state index contributed by atoms with van der Waals surface area (Å²) in [6, 6.07) is 14.8. The molecule has 0 spiro atoms. The van der Waals surface area contributed by atoms with Gasteiger partial charge in [-0.25, -0.2) is 0 Å². The van der Waals surface area contributed by atoms with Gasteiger partial charge in [0.1, 0.15) is 0 Å². The predicted octanol–water partition coefficient (Wildman–Crippen LogP) is 4.33. The second-order valence-corrected chi connectivity index (χ2v) is 5.57. The molecule has 0 heterocycles. The van der Waals surface area contributed by atoms with E-state index in [9.17, 15) is 5.26 Å². The first-order valence-electron chi connectivity index (χ1n) is 7.14. The molecule has 0 aliphatic heterocycles. The molecule has 1 saturated carbocycles. The molecule has 98 valence electrons. The molecule has 0 saturated heterocycles. The Morgan fingerprint density at radius 3 is 2.37 bits per heavy atom. The Kier molecular flexibility index (Phi) is 4.58. The molecule has 1 fully saturated rings. The first-order valence-corrected chi connectivity index (χ1v) is 7.14. The third-order valence-electron chi connectivity index (χ3n) is 4.32. The van der Waals surface area contributed by atoms with Crippen molar-refractivity contribution in [3.05, 3.63) is 35.9 Å². The van der Waals surface area contributed by atoms with E-state index < -0.39 is 5.41 Å². The number of hydrogen-bond donors (Lipinski definition) is 0. The summed E-state index contributed by atoms with van der Waals surface area (Å²) in [5.41, 5.74) is 0.617. The van der Waals surface area contributed by atoms with Crippen LogP contribution in [0.15, 0.2) is 30.3 Å². The van der Waals surface area contributed by atoms with E-state index in [2.05, 4.69) is 12.1 Å². The maximum absolute atomic E-state index is 9.76. The van der Waals surface area contributed by atoms with Crippen LogP contribution in [0.1, 0.15) is 50.5 Å². The molecule has 0 aromatic heterocycles. The smallest absolute Gasteiger partial charge is 0.0834 e. The van der Waals surface area contributed by atoms with E-state index in [1.807, 2.05) is 30.3 Å². The number of benzene rings is 1. The van der Waals surface area contributed by atoms with Crippen LogP contribution >= 0.6 is 0 Å². The zero-order valence-electron chi connectivity index (χ0n) is 11.3. The topological polar surface area (TPSA) is 47.6 Å². The van der Waals surface area contributed by atoms with Gasteiger partial charge in [0.2, 0.25) is 0 Å². The van der Waals surface area contributed by atoms with Crippen LogP contribution in [0.2, 0.25) is 0 Å². The van der Waals surface area contributed by atoms with Crippen molar-refractivity contribution >= 4 is 0 Å². The summed E-state index contributed by atoms with van der Waals surface area (Å²) in [5.74, 6) is 0.651. The van der Waals surface area contributed by atoms with Gasteiger partial charge in [0, 0.05) is 6.42 Å². The molecule has 1 aromatic rings. The average Bonchev–Trinajstić information content (AvgIpc) is 2.97. The minimum atomic E-state index is -0.466. The van der Waals surface area contributed by atoms with E-state index in [1.54, 1.807) is 0 Å². The fourth-order valence-electron chi connectivity index (χ4n) is 3.26. The third kappa shape index (κ3) is 3.15. The zero-order chi connectivity index (χ0) is 13.6. The van der Waals surface area contributed by atoms with Gasteiger partial charge in [0.25, 0.3) is 0 Å². The maximum Gasteiger partial charge on any atom is 0.0834 e. The lowest BCUT2D eigenvalue weighted by Gasteiger charge is -2.29. The molecule has 1 aromatic carbocycles.